The van der Waals surface area contributed by atoms with Gasteiger partial charge in [-0.2, -0.15) is 0 Å². The van der Waals surface area contributed by atoms with Crippen LogP contribution in [-0.2, 0) is 0 Å². The molecule has 0 spiro atoms. The zero-order valence-electron chi connectivity index (χ0n) is 11.2. The van der Waals surface area contributed by atoms with Crippen LogP contribution in [0, 0.1) is 0 Å². The van der Waals surface area contributed by atoms with Crippen molar-refractivity contribution in [3.8, 4) is 0 Å². The normalized spacial score (nSPS) is 24.0. The average Bonchev–Trinajstić information content (AvgIpc) is 2.35. The molecule has 0 aromatic rings. The zero-order chi connectivity index (χ0) is 12.0. The van der Waals surface area contributed by atoms with Gasteiger partial charge in [-0.3, -0.25) is 0 Å². The van der Waals surface area contributed by atoms with Crippen LogP contribution in [0.3, 0.4) is 0 Å². The molecule has 0 unspecified atom stereocenters. The highest BCUT2D eigenvalue weighted by atomic mass is 14.9. The third-order valence-electron chi connectivity index (χ3n) is 3.08. The lowest BCUT2D eigenvalue weighted by Crippen LogP contribution is -2.26. The summed E-state index contributed by atoms with van der Waals surface area (Å²) in [4.78, 5) is 0. The maximum atomic E-state index is 3.50. The van der Waals surface area contributed by atoms with Crippen molar-refractivity contribution in [2.45, 2.75) is 32.1 Å². The SMILES string of the molecule is C1CCNCCCNCCCNCCCNC1. The van der Waals surface area contributed by atoms with E-state index < -0.39 is 0 Å². The van der Waals surface area contributed by atoms with E-state index in [9.17, 15) is 0 Å². The van der Waals surface area contributed by atoms with Crippen molar-refractivity contribution in [3.05, 3.63) is 0 Å². The number of hydrogen-bond acceptors (Lipinski definition) is 4. The van der Waals surface area contributed by atoms with Gasteiger partial charge in [0.15, 0.2) is 0 Å². The first kappa shape index (κ1) is 14.9. The quantitative estimate of drug-likeness (QED) is 0.494. The Labute approximate surface area is 106 Å². The molecule has 1 saturated heterocycles. The monoisotopic (exact) mass is 242 g/mol. The Hall–Kier alpha value is -0.160. The molecule has 102 valence electrons. The van der Waals surface area contributed by atoms with E-state index in [1.165, 1.54) is 45.2 Å². The Morgan fingerprint density at radius 1 is 0.294 bits per heavy atom. The summed E-state index contributed by atoms with van der Waals surface area (Å²) in [7, 11) is 0. The molecule has 4 heteroatoms. The number of hydrogen-bond donors (Lipinski definition) is 4. The second kappa shape index (κ2) is 12.3. The van der Waals surface area contributed by atoms with Crippen molar-refractivity contribution < 1.29 is 0 Å². The smallest absolute Gasteiger partial charge is 0.00368 e. The molecule has 0 aliphatic carbocycles. The summed E-state index contributed by atoms with van der Waals surface area (Å²) in [5.41, 5.74) is 0. The molecule has 0 atom stereocenters. The lowest BCUT2D eigenvalue weighted by molar-refractivity contribution is 0.559. The van der Waals surface area contributed by atoms with E-state index in [0.29, 0.717) is 0 Å². The van der Waals surface area contributed by atoms with Gasteiger partial charge in [-0.15, -0.1) is 0 Å². The predicted molar refractivity (Wildman–Crippen MR) is 74.6 cm³/mol. The fourth-order valence-electron chi connectivity index (χ4n) is 2.02. The molecule has 1 aliphatic heterocycles. The molecule has 0 amide bonds. The maximum Gasteiger partial charge on any atom is -0.00368 e. The van der Waals surface area contributed by atoms with Crippen LogP contribution in [0.1, 0.15) is 32.1 Å². The van der Waals surface area contributed by atoms with Crippen LogP contribution in [0.25, 0.3) is 0 Å². The summed E-state index contributed by atoms with van der Waals surface area (Å²) in [6, 6.07) is 0. The summed E-state index contributed by atoms with van der Waals surface area (Å²) >= 11 is 0. The van der Waals surface area contributed by atoms with Crippen LogP contribution in [0.2, 0.25) is 0 Å². The van der Waals surface area contributed by atoms with E-state index in [0.717, 1.165) is 39.3 Å². The van der Waals surface area contributed by atoms with Crippen molar-refractivity contribution in [3.63, 3.8) is 0 Å². The summed E-state index contributed by atoms with van der Waals surface area (Å²) < 4.78 is 0. The predicted octanol–water partition coefficient (Wildman–Crippen LogP) is 0.309. The molecule has 1 rings (SSSR count). The molecule has 17 heavy (non-hydrogen) atoms. The minimum absolute atomic E-state index is 1.14. The third-order valence-corrected chi connectivity index (χ3v) is 3.08. The fourth-order valence-corrected chi connectivity index (χ4v) is 2.02. The van der Waals surface area contributed by atoms with Gasteiger partial charge in [0.05, 0.1) is 0 Å². The molecule has 4 nitrogen and oxygen atoms in total. The van der Waals surface area contributed by atoms with Crippen LogP contribution < -0.4 is 21.3 Å². The van der Waals surface area contributed by atoms with Gasteiger partial charge in [-0.25, -0.2) is 0 Å². The van der Waals surface area contributed by atoms with E-state index in [-0.39, 0.29) is 0 Å². The second-order valence-electron chi connectivity index (χ2n) is 4.77. The van der Waals surface area contributed by atoms with E-state index in [4.69, 9.17) is 0 Å². The molecule has 0 bridgehead atoms. The third kappa shape index (κ3) is 10.7. The summed E-state index contributed by atoms with van der Waals surface area (Å²) in [6.45, 7) is 9.23. The first-order valence-electron chi connectivity index (χ1n) is 7.33. The first-order chi connectivity index (χ1) is 8.50. The lowest BCUT2D eigenvalue weighted by atomic mass is 10.3. The highest BCUT2D eigenvalue weighted by Crippen LogP contribution is 1.86. The van der Waals surface area contributed by atoms with Crippen molar-refractivity contribution in [1.29, 1.82) is 0 Å². The Balaban J connectivity index is 2.01. The van der Waals surface area contributed by atoms with E-state index >= 15 is 0 Å². The molecular weight excluding hydrogens is 212 g/mol. The summed E-state index contributed by atoms with van der Waals surface area (Å²) in [6.07, 6.45) is 6.30. The Morgan fingerprint density at radius 2 is 0.529 bits per heavy atom. The first-order valence-corrected chi connectivity index (χ1v) is 7.33. The maximum absolute atomic E-state index is 3.50. The van der Waals surface area contributed by atoms with Gasteiger partial charge in [0.2, 0.25) is 0 Å². The minimum atomic E-state index is 1.14. The molecule has 0 aromatic heterocycles. The number of nitrogens with one attached hydrogen (secondary N) is 4. The van der Waals surface area contributed by atoms with Gasteiger partial charge in [0.25, 0.3) is 0 Å². The molecule has 1 aliphatic rings. The van der Waals surface area contributed by atoms with Gasteiger partial charge in [-0.1, -0.05) is 0 Å². The van der Waals surface area contributed by atoms with Crippen LogP contribution in [-0.4, -0.2) is 52.4 Å². The lowest BCUT2D eigenvalue weighted by Gasteiger charge is -2.06. The fraction of sp³-hybridized carbons (Fsp3) is 1.00. The van der Waals surface area contributed by atoms with Crippen molar-refractivity contribution in [2.75, 3.05) is 52.4 Å². The van der Waals surface area contributed by atoms with Crippen LogP contribution in [0.15, 0.2) is 0 Å². The van der Waals surface area contributed by atoms with E-state index in [2.05, 4.69) is 21.3 Å². The molecule has 1 fully saturated rings. The van der Waals surface area contributed by atoms with Crippen molar-refractivity contribution in [2.24, 2.45) is 0 Å². The topological polar surface area (TPSA) is 48.1 Å². The standard InChI is InChI=1S/C13H30N4/c1-2-7-15-9-4-11-17-13-5-12-16-10-3-8-14-6-1/h14-17H,1-13H2. The molecule has 0 aromatic carbocycles. The van der Waals surface area contributed by atoms with Gasteiger partial charge >= 0.3 is 0 Å². The van der Waals surface area contributed by atoms with E-state index in [1.807, 2.05) is 0 Å². The van der Waals surface area contributed by atoms with Gasteiger partial charge in [0.1, 0.15) is 0 Å². The highest BCUT2D eigenvalue weighted by molar-refractivity contribution is 4.57. The summed E-state index contributed by atoms with van der Waals surface area (Å²) in [5, 5.41) is 14.0. The molecule has 1 heterocycles. The largest absolute Gasteiger partial charge is 0.317 e. The van der Waals surface area contributed by atoms with Crippen LogP contribution >= 0.6 is 0 Å². The van der Waals surface area contributed by atoms with Gasteiger partial charge in [0, 0.05) is 0 Å². The average molecular weight is 242 g/mol. The minimum Gasteiger partial charge on any atom is -0.317 e. The van der Waals surface area contributed by atoms with Crippen LogP contribution in [0.4, 0.5) is 0 Å². The van der Waals surface area contributed by atoms with Crippen molar-refractivity contribution >= 4 is 0 Å². The van der Waals surface area contributed by atoms with Crippen LogP contribution in [0.5, 0.6) is 0 Å². The Bertz CT molecular complexity index is 82.9. The number of rotatable bonds is 0. The second-order valence-corrected chi connectivity index (χ2v) is 4.77. The highest BCUT2D eigenvalue weighted by Gasteiger charge is 1.93. The van der Waals surface area contributed by atoms with Crippen molar-refractivity contribution in [1.82, 2.24) is 21.3 Å². The molecule has 0 radical (unpaired) electrons. The Kier molecular flexibility index (Phi) is 10.8. The molecular formula is C13H30N4. The molecule has 4 N–H and O–H groups in total. The summed E-state index contributed by atoms with van der Waals surface area (Å²) in [5.74, 6) is 0. The molecule has 0 saturated carbocycles. The van der Waals surface area contributed by atoms with E-state index in [1.54, 1.807) is 0 Å². The Morgan fingerprint density at radius 3 is 0.824 bits per heavy atom. The van der Waals surface area contributed by atoms with Gasteiger partial charge < -0.3 is 21.3 Å². The van der Waals surface area contributed by atoms with Gasteiger partial charge in [-0.05, 0) is 84.5 Å². The zero-order valence-corrected chi connectivity index (χ0v) is 11.2.